The Balaban J connectivity index is 1.56. The van der Waals surface area contributed by atoms with E-state index >= 15 is 0 Å². The molecule has 0 amide bonds. The molecule has 0 aliphatic carbocycles. The van der Waals surface area contributed by atoms with Crippen molar-refractivity contribution in [3.63, 3.8) is 0 Å². The van der Waals surface area contributed by atoms with Crippen molar-refractivity contribution in [1.82, 2.24) is 9.71 Å². The number of hydrogen-bond acceptors (Lipinski definition) is 4. The highest BCUT2D eigenvalue weighted by Crippen LogP contribution is 2.18. The third-order valence-corrected chi connectivity index (χ3v) is 6.31. The molecule has 0 fully saturated rings. The molecule has 0 saturated heterocycles. The number of thiazole rings is 1. The maximum Gasteiger partial charge on any atom is 0.240 e. The van der Waals surface area contributed by atoms with E-state index in [0.717, 1.165) is 11.4 Å². The highest BCUT2D eigenvalue weighted by molar-refractivity contribution is 7.89. The molecular weight excluding hydrogens is 376 g/mol. The number of nitrogens with zero attached hydrogens (tertiary/aromatic N) is 1. The topological polar surface area (TPSA) is 59.1 Å². The minimum atomic E-state index is -3.55. The molecule has 3 rings (SSSR count). The van der Waals surface area contributed by atoms with E-state index in [1.165, 1.54) is 22.6 Å². The number of rotatable bonds is 7. The van der Waals surface area contributed by atoms with E-state index in [2.05, 4.69) is 21.8 Å². The molecule has 0 aliphatic rings. The lowest BCUT2D eigenvalue weighted by molar-refractivity contribution is 0.581. The summed E-state index contributed by atoms with van der Waals surface area (Å²) in [7, 11) is -3.55. The normalized spacial score (nSPS) is 11.6. The van der Waals surface area contributed by atoms with Gasteiger partial charge in [-0.1, -0.05) is 48.0 Å². The largest absolute Gasteiger partial charge is 0.249 e. The average molecular weight is 393 g/mol. The zero-order valence-electron chi connectivity index (χ0n) is 13.4. The summed E-state index contributed by atoms with van der Waals surface area (Å²) < 4.78 is 27.1. The van der Waals surface area contributed by atoms with Crippen LogP contribution < -0.4 is 4.72 Å². The molecule has 1 heterocycles. The van der Waals surface area contributed by atoms with Crippen molar-refractivity contribution < 1.29 is 8.42 Å². The average Bonchev–Trinajstić information content (AvgIpc) is 3.03. The molecule has 0 atom stereocenters. The second kappa shape index (κ2) is 8.10. The number of hydrogen-bond donors (Lipinski definition) is 1. The van der Waals surface area contributed by atoms with E-state index < -0.39 is 10.0 Å². The SMILES string of the molecule is O=S(=O)(NCCc1ncc(Cc2ccccc2)s1)c1cccc(Cl)c1. The maximum atomic E-state index is 12.2. The Labute approximate surface area is 156 Å². The standard InChI is InChI=1S/C18H17ClN2O2S2/c19-15-7-4-8-17(12-15)25(22,23)21-10-9-18-20-13-16(24-18)11-14-5-2-1-3-6-14/h1-8,12-13,21H,9-11H2. The first kappa shape index (κ1) is 18.1. The van der Waals surface area contributed by atoms with Crippen LogP contribution in [0.5, 0.6) is 0 Å². The van der Waals surface area contributed by atoms with Gasteiger partial charge in [0.15, 0.2) is 0 Å². The summed E-state index contributed by atoms with van der Waals surface area (Å²) >= 11 is 7.46. The van der Waals surface area contributed by atoms with Gasteiger partial charge in [0.25, 0.3) is 0 Å². The van der Waals surface area contributed by atoms with Crippen LogP contribution in [-0.4, -0.2) is 19.9 Å². The van der Waals surface area contributed by atoms with Gasteiger partial charge in [-0.2, -0.15) is 0 Å². The molecule has 7 heteroatoms. The van der Waals surface area contributed by atoms with Crippen molar-refractivity contribution >= 4 is 33.0 Å². The monoisotopic (exact) mass is 392 g/mol. The van der Waals surface area contributed by atoms with E-state index in [-0.39, 0.29) is 4.90 Å². The van der Waals surface area contributed by atoms with Gasteiger partial charge in [-0.15, -0.1) is 11.3 Å². The lowest BCUT2D eigenvalue weighted by Gasteiger charge is -2.06. The van der Waals surface area contributed by atoms with Gasteiger partial charge in [-0.05, 0) is 23.8 Å². The van der Waals surface area contributed by atoms with Crippen molar-refractivity contribution in [1.29, 1.82) is 0 Å². The highest BCUT2D eigenvalue weighted by atomic mass is 35.5. The van der Waals surface area contributed by atoms with Gasteiger partial charge < -0.3 is 0 Å². The summed E-state index contributed by atoms with van der Waals surface area (Å²) in [6.45, 7) is 0.299. The van der Waals surface area contributed by atoms with E-state index in [1.807, 2.05) is 24.4 Å². The Hall–Kier alpha value is -1.73. The predicted octanol–water partition coefficient (Wildman–Crippen LogP) is 3.91. The number of sulfonamides is 1. The molecule has 1 aromatic heterocycles. The van der Waals surface area contributed by atoms with E-state index in [1.54, 1.807) is 23.5 Å². The minimum absolute atomic E-state index is 0.170. The number of benzene rings is 2. The third-order valence-electron chi connectivity index (χ3n) is 3.56. The zero-order chi connectivity index (χ0) is 17.7. The Morgan fingerprint density at radius 1 is 1.08 bits per heavy atom. The number of nitrogens with one attached hydrogen (secondary N) is 1. The van der Waals surface area contributed by atoms with Gasteiger partial charge in [0.1, 0.15) is 0 Å². The fraction of sp³-hybridized carbons (Fsp3) is 0.167. The van der Waals surface area contributed by atoms with Crippen molar-refractivity contribution in [3.8, 4) is 0 Å². The molecule has 0 radical (unpaired) electrons. The molecule has 0 bridgehead atoms. The van der Waals surface area contributed by atoms with Crippen LogP contribution in [0.3, 0.4) is 0 Å². The number of aromatic nitrogens is 1. The van der Waals surface area contributed by atoms with Crippen molar-refractivity contribution in [2.45, 2.75) is 17.7 Å². The van der Waals surface area contributed by atoms with Gasteiger partial charge in [0.2, 0.25) is 10.0 Å². The summed E-state index contributed by atoms with van der Waals surface area (Å²) in [6, 6.07) is 16.4. The van der Waals surface area contributed by atoms with Crippen LogP contribution >= 0.6 is 22.9 Å². The summed E-state index contributed by atoms with van der Waals surface area (Å²) in [4.78, 5) is 5.72. The highest BCUT2D eigenvalue weighted by Gasteiger charge is 2.14. The maximum absolute atomic E-state index is 12.2. The van der Waals surface area contributed by atoms with Crippen LogP contribution in [0.25, 0.3) is 0 Å². The first-order valence-corrected chi connectivity index (χ1v) is 10.4. The van der Waals surface area contributed by atoms with Gasteiger partial charge in [0.05, 0.1) is 9.90 Å². The van der Waals surface area contributed by atoms with Gasteiger partial charge in [0, 0.05) is 35.5 Å². The molecule has 25 heavy (non-hydrogen) atoms. The smallest absolute Gasteiger partial charge is 0.240 e. The predicted molar refractivity (Wildman–Crippen MR) is 102 cm³/mol. The summed E-state index contributed by atoms with van der Waals surface area (Å²) in [6.07, 6.45) is 3.25. The van der Waals surface area contributed by atoms with Crippen LogP contribution in [0.1, 0.15) is 15.4 Å². The fourth-order valence-corrected chi connectivity index (χ4v) is 4.64. The molecule has 4 nitrogen and oxygen atoms in total. The second-order valence-corrected chi connectivity index (χ2v) is 8.89. The van der Waals surface area contributed by atoms with E-state index in [4.69, 9.17) is 11.6 Å². The van der Waals surface area contributed by atoms with Gasteiger partial charge in [-0.25, -0.2) is 18.1 Å². The molecule has 0 unspecified atom stereocenters. The molecule has 1 N–H and O–H groups in total. The van der Waals surface area contributed by atoms with Crippen molar-refractivity contribution in [2.24, 2.45) is 0 Å². The zero-order valence-corrected chi connectivity index (χ0v) is 15.7. The lowest BCUT2D eigenvalue weighted by atomic mass is 10.1. The fourth-order valence-electron chi connectivity index (χ4n) is 2.35. The van der Waals surface area contributed by atoms with Crippen LogP contribution in [0.15, 0.2) is 65.7 Å². The third kappa shape index (κ3) is 5.12. The molecule has 2 aromatic carbocycles. The lowest BCUT2D eigenvalue weighted by Crippen LogP contribution is -2.25. The molecule has 130 valence electrons. The molecule has 3 aromatic rings. The molecule has 0 spiro atoms. The summed E-state index contributed by atoms with van der Waals surface area (Å²) in [5.74, 6) is 0. The molecule has 0 aliphatic heterocycles. The van der Waals surface area contributed by atoms with Crippen molar-refractivity contribution in [3.05, 3.63) is 81.3 Å². The minimum Gasteiger partial charge on any atom is -0.249 e. The van der Waals surface area contributed by atoms with Crippen LogP contribution in [0, 0.1) is 0 Å². The summed E-state index contributed by atoms with van der Waals surface area (Å²) in [5.41, 5.74) is 1.24. The summed E-state index contributed by atoms with van der Waals surface area (Å²) in [5, 5.41) is 1.31. The molecule has 0 saturated carbocycles. The quantitative estimate of drug-likeness (QED) is 0.663. The molecular formula is C18H17ClN2O2S2. The Bertz CT molecular complexity index is 940. The van der Waals surface area contributed by atoms with E-state index in [9.17, 15) is 8.42 Å². The van der Waals surface area contributed by atoms with Crippen LogP contribution in [0.4, 0.5) is 0 Å². The van der Waals surface area contributed by atoms with Gasteiger partial charge >= 0.3 is 0 Å². The first-order chi connectivity index (χ1) is 12.0. The van der Waals surface area contributed by atoms with Gasteiger partial charge in [-0.3, -0.25) is 0 Å². The van der Waals surface area contributed by atoms with Crippen LogP contribution in [0.2, 0.25) is 5.02 Å². The second-order valence-electron chi connectivity index (χ2n) is 5.49. The van der Waals surface area contributed by atoms with E-state index in [0.29, 0.717) is 18.0 Å². The first-order valence-electron chi connectivity index (χ1n) is 7.76. The Morgan fingerprint density at radius 2 is 1.88 bits per heavy atom. The Morgan fingerprint density at radius 3 is 2.64 bits per heavy atom. The van der Waals surface area contributed by atoms with Crippen LogP contribution in [-0.2, 0) is 22.9 Å². The van der Waals surface area contributed by atoms with Crippen molar-refractivity contribution in [2.75, 3.05) is 6.54 Å². The number of halogens is 1. The Kier molecular flexibility index (Phi) is 5.86.